The first-order chi connectivity index (χ1) is 8.17. The van der Waals surface area contributed by atoms with Gasteiger partial charge in [-0.05, 0) is 32.0 Å². The quantitative estimate of drug-likeness (QED) is 0.448. The van der Waals surface area contributed by atoms with Gasteiger partial charge in [-0.2, -0.15) is 0 Å². The molecule has 0 spiro atoms. The molecule has 1 aliphatic rings. The van der Waals surface area contributed by atoms with Gasteiger partial charge in [0.05, 0.1) is 23.6 Å². The van der Waals surface area contributed by atoms with Crippen molar-refractivity contribution in [1.82, 2.24) is 0 Å². The van der Waals surface area contributed by atoms with Crippen molar-refractivity contribution in [2.45, 2.75) is 19.4 Å². The Kier molecular flexibility index (Phi) is 3.37. The van der Waals surface area contributed by atoms with Gasteiger partial charge in [0.25, 0.3) is 5.11 Å². The van der Waals surface area contributed by atoms with E-state index in [9.17, 15) is 5.21 Å². The third kappa shape index (κ3) is 2.02. The zero-order valence-electron chi connectivity index (χ0n) is 10.4. The lowest BCUT2D eigenvalue weighted by Gasteiger charge is -2.43. The minimum atomic E-state index is -0.553. The Labute approximate surface area is 122 Å². The van der Waals surface area contributed by atoms with Crippen LogP contribution < -0.4 is 4.90 Å². The second-order valence-corrected chi connectivity index (χ2v) is 6.38. The van der Waals surface area contributed by atoms with E-state index in [1.165, 1.54) is 0 Å². The van der Waals surface area contributed by atoms with Crippen LogP contribution in [0.25, 0.3) is 0 Å². The average molecular weight is 305 g/mol. The summed E-state index contributed by atoms with van der Waals surface area (Å²) in [6, 6.07) is 5.27. The van der Waals surface area contributed by atoms with Crippen LogP contribution >= 0.6 is 35.4 Å². The molecule has 0 N–H and O–H groups in total. The van der Waals surface area contributed by atoms with Crippen LogP contribution in [-0.4, -0.2) is 28.9 Å². The van der Waals surface area contributed by atoms with E-state index in [0.29, 0.717) is 21.7 Å². The number of halogens is 2. The molecule has 1 aromatic carbocycles. The van der Waals surface area contributed by atoms with E-state index in [1.807, 2.05) is 24.8 Å². The predicted octanol–water partition coefficient (Wildman–Crippen LogP) is 3.82. The third-order valence-corrected chi connectivity index (χ3v) is 4.82. The first-order valence-electron chi connectivity index (χ1n) is 5.51. The Hall–Kier alpha value is -0.390. The van der Waals surface area contributed by atoms with Gasteiger partial charge >= 0.3 is 0 Å². The van der Waals surface area contributed by atoms with Gasteiger partial charge in [-0.15, -0.1) is 0 Å². The highest BCUT2D eigenvalue weighted by molar-refractivity contribution is 7.80. The number of quaternary nitrogens is 1. The number of likely N-dealkylation sites (N-methyl/N-ethyl adjacent to an activating group) is 1. The molecule has 98 valence electrons. The highest BCUT2D eigenvalue weighted by Crippen LogP contribution is 2.37. The SMILES string of the molecule is CC1(C)CN(c2ccc(Cl)c(Cl)c2)C(=S)[N+]1(C)[O-]. The van der Waals surface area contributed by atoms with Crippen molar-refractivity contribution in [3.63, 3.8) is 0 Å². The summed E-state index contributed by atoms with van der Waals surface area (Å²) in [6.45, 7) is 4.37. The Morgan fingerprint density at radius 2 is 1.94 bits per heavy atom. The molecule has 1 fully saturated rings. The van der Waals surface area contributed by atoms with Gasteiger partial charge in [-0.25, -0.2) is 0 Å². The molecule has 2 rings (SSSR count). The fraction of sp³-hybridized carbons (Fsp3) is 0.417. The molecule has 1 heterocycles. The van der Waals surface area contributed by atoms with Crippen molar-refractivity contribution in [3.05, 3.63) is 33.5 Å². The highest BCUT2D eigenvalue weighted by atomic mass is 35.5. The van der Waals surface area contributed by atoms with Gasteiger partial charge in [0.1, 0.15) is 5.54 Å². The molecular formula is C12H14Cl2N2OS. The Bertz CT molecular complexity index is 517. The molecule has 1 unspecified atom stereocenters. The molecule has 1 aromatic rings. The molecule has 0 saturated carbocycles. The van der Waals surface area contributed by atoms with E-state index >= 15 is 0 Å². The maximum atomic E-state index is 12.5. The predicted molar refractivity (Wildman–Crippen MR) is 80.0 cm³/mol. The zero-order chi connectivity index (χ0) is 13.7. The average Bonchev–Trinajstić information content (AvgIpc) is 2.43. The summed E-state index contributed by atoms with van der Waals surface area (Å²) in [5.74, 6) is 0. The van der Waals surface area contributed by atoms with Crippen molar-refractivity contribution in [1.29, 1.82) is 0 Å². The van der Waals surface area contributed by atoms with Crippen molar-refractivity contribution in [2.24, 2.45) is 0 Å². The molecule has 0 radical (unpaired) electrons. The molecule has 1 aliphatic heterocycles. The number of benzene rings is 1. The second kappa shape index (κ2) is 4.32. The Morgan fingerprint density at radius 3 is 2.39 bits per heavy atom. The maximum Gasteiger partial charge on any atom is 0.277 e. The monoisotopic (exact) mass is 304 g/mol. The smallest absolute Gasteiger partial charge is 0.277 e. The molecule has 0 bridgehead atoms. The molecule has 18 heavy (non-hydrogen) atoms. The van der Waals surface area contributed by atoms with E-state index < -0.39 is 10.2 Å². The van der Waals surface area contributed by atoms with Crippen molar-refractivity contribution in [2.75, 3.05) is 18.5 Å². The number of hydroxylamine groups is 3. The molecule has 3 nitrogen and oxygen atoms in total. The first kappa shape index (κ1) is 14.0. The summed E-state index contributed by atoms with van der Waals surface area (Å²) in [5.41, 5.74) is 0.323. The van der Waals surface area contributed by atoms with Gasteiger partial charge in [0, 0.05) is 17.9 Å². The van der Waals surface area contributed by atoms with E-state index in [4.69, 9.17) is 35.4 Å². The van der Waals surface area contributed by atoms with E-state index in [2.05, 4.69) is 0 Å². The lowest BCUT2D eigenvalue weighted by atomic mass is 10.1. The van der Waals surface area contributed by atoms with Crippen LogP contribution in [0.3, 0.4) is 0 Å². The summed E-state index contributed by atoms with van der Waals surface area (Å²) in [6.07, 6.45) is 0. The molecule has 0 aliphatic carbocycles. The fourth-order valence-corrected chi connectivity index (χ4v) is 2.64. The summed E-state index contributed by atoms with van der Waals surface area (Å²) < 4.78 is -0.553. The first-order valence-corrected chi connectivity index (χ1v) is 6.68. The van der Waals surface area contributed by atoms with Crippen LogP contribution in [0.4, 0.5) is 5.69 Å². The van der Waals surface area contributed by atoms with Crippen molar-refractivity contribution >= 4 is 46.2 Å². The van der Waals surface area contributed by atoms with Crippen molar-refractivity contribution in [3.8, 4) is 0 Å². The number of hydrogen-bond donors (Lipinski definition) is 0. The standard InChI is InChI=1S/C12H14Cl2N2OS/c1-12(2)7-15(11(18)16(12,3)17)8-4-5-9(13)10(14)6-8/h4-6H,7H2,1-3H3. The summed E-state index contributed by atoms with van der Waals surface area (Å²) in [4.78, 5) is 1.82. The lowest BCUT2D eigenvalue weighted by Crippen LogP contribution is -2.53. The normalized spacial score (nSPS) is 26.8. The molecule has 0 aromatic heterocycles. The van der Waals surface area contributed by atoms with Crippen molar-refractivity contribution < 1.29 is 4.65 Å². The second-order valence-electron chi connectivity index (χ2n) is 5.20. The number of rotatable bonds is 1. The third-order valence-electron chi connectivity index (χ3n) is 3.51. The zero-order valence-corrected chi connectivity index (χ0v) is 12.7. The summed E-state index contributed by atoms with van der Waals surface area (Å²) >= 11 is 17.2. The number of hydrogen-bond acceptors (Lipinski definition) is 2. The molecule has 0 amide bonds. The van der Waals surface area contributed by atoms with Crippen LogP contribution in [0, 0.1) is 5.21 Å². The maximum absolute atomic E-state index is 12.5. The van der Waals surface area contributed by atoms with E-state index in [1.54, 1.807) is 19.2 Å². The lowest BCUT2D eigenvalue weighted by molar-refractivity contribution is -0.810. The van der Waals surface area contributed by atoms with Crippen LogP contribution in [0.2, 0.25) is 10.0 Å². The molecule has 1 saturated heterocycles. The summed E-state index contributed by atoms with van der Waals surface area (Å²) in [5, 5.41) is 13.8. The van der Waals surface area contributed by atoms with E-state index in [0.717, 1.165) is 5.69 Å². The highest BCUT2D eigenvalue weighted by Gasteiger charge is 2.49. The van der Waals surface area contributed by atoms with Gasteiger partial charge in [0.15, 0.2) is 0 Å². The van der Waals surface area contributed by atoms with Gasteiger partial charge < -0.3 is 9.85 Å². The summed E-state index contributed by atoms with van der Waals surface area (Å²) in [7, 11) is 1.58. The number of nitrogens with zero attached hydrogens (tertiary/aromatic N) is 2. The number of anilines is 1. The largest absolute Gasteiger partial charge is 0.625 e. The molecule has 6 heteroatoms. The van der Waals surface area contributed by atoms with Gasteiger partial charge in [-0.3, -0.25) is 4.90 Å². The van der Waals surface area contributed by atoms with Crippen LogP contribution in [0.15, 0.2) is 18.2 Å². The topological polar surface area (TPSA) is 26.3 Å². The van der Waals surface area contributed by atoms with Crippen LogP contribution in [-0.2, 0) is 0 Å². The van der Waals surface area contributed by atoms with Crippen LogP contribution in [0.5, 0.6) is 0 Å². The van der Waals surface area contributed by atoms with E-state index in [-0.39, 0.29) is 0 Å². The number of thiocarbonyl (C=S) groups is 1. The fourth-order valence-electron chi connectivity index (χ4n) is 1.93. The Balaban J connectivity index is 2.42. The van der Waals surface area contributed by atoms with Gasteiger partial charge in [-0.1, -0.05) is 23.2 Å². The molecule has 1 atom stereocenters. The minimum absolute atomic E-state index is 0.346. The Morgan fingerprint density at radius 1 is 1.33 bits per heavy atom. The van der Waals surface area contributed by atoms with Gasteiger partial charge in [0.2, 0.25) is 0 Å². The minimum Gasteiger partial charge on any atom is -0.625 e. The van der Waals surface area contributed by atoms with Crippen LogP contribution in [0.1, 0.15) is 13.8 Å². The molecular weight excluding hydrogens is 291 g/mol.